The van der Waals surface area contributed by atoms with Gasteiger partial charge in [0.25, 0.3) is 0 Å². The van der Waals surface area contributed by atoms with Crippen LogP contribution in [0.1, 0.15) is 11.1 Å². The molecule has 4 nitrogen and oxygen atoms in total. The Morgan fingerprint density at radius 2 is 1.43 bits per heavy atom. The minimum atomic E-state index is -3.92. The third-order valence-electron chi connectivity index (χ3n) is 3.03. The molecule has 0 bridgehead atoms. The lowest BCUT2D eigenvalue weighted by molar-refractivity contribution is -0.135. The van der Waals surface area contributed by atoms with Crippen LogP contribution in [0.2, 0.25) is 0 Å². The van der Waals surface area contributed by atoms with Crippen LogP contribution in [-0.4, -0.2) is 21.5 Å². The number of carbonyl (C=O) groups excluding carboxylic acids is 1. The lowest BCUT2D eigenvalue weighted by Gasteiger charge is -2.04. The summed E-state index contributed by atoms with van der Waals surface area (Å²) in [6.45, 7) is 0. The van der Waals surface area contributed by atoms with Crippen molar-refractivity contribution in [2.45, 2.75) is 0 Å². The molecule has 0 saturated heterocycles. The molecule has 0 atom stereocenters. The van der Waals surface area contributed by atoms with Crippen LogP contribution in [0.5, 0.6) is 0 Å². The monoisotopic (exact) mass is 328 g/mol. The van der Waals surface area contributed by atoms with Crippen LogP contribution >= 0.6 is 0 Å². The number of benzene rings is 2. The average molecular weight is 328 g/mol. The lowest BCUT2D eigenvalue weighted by atomic mass is 10.2. The Morgan fingerprint density at radius 3 is 1.96 bits per heavy atom. The largest absolute Gasteiger partial charge is 0.465 e. The number of esters is 1. The minimum Gasteiger partial charge on any atom is -0.465 e. The van der Waals surface area contributed by atoms with Crippen molar-refractivity contribution in [1.29, 1.82) is 0 Å². The maximum atomic E-state index is 12.5. The molecule has 5 heteroatoms. The summed E-state index contributed by atoms with van der Waals surface area (Å²) in [7, 11) is -2.77. The van der Waals surface area contributed by atoms with Gasteiger partial charge < -0.3 is 4.74 Å². The molecule has 118 valence electrons. The number of ether oxygens (including phenoxy) is 1. The highest BCUT2D eigenvalue weighted by Gasteiger charge is 2.23. The zero-order valence-electron chi connectivity index (χ0n) is 12.5. The van der Waals surface area contributed by atoms with Crippen LogP contribution in [0.15, 0.2) is 71.0 Å². The summed E-state index contributed by atoms with van der Waals surface area (Å²) in [4.78, 5) is 11.5. The second-order valence-electron chi connectivity index (χ2n) is 4.67. The number of carbonyl (C=O) groups is 1. The second kappa shape index (κ2) is 7.56. The zero-order valence-corrected chi connectivity index (χ0v) is 13.4. The van der Waals surface area contributed by atoms with Crippen LogP contribution in [0.3, 0.4) is 0 Å². The van der Waals surface area contributed by atoms with Gasteiger partial charge in [-0.15, -0.1) is 0 Å². The van der Waals surface area contributed by atoms with Crippen molar-refractivity contribution in [3.05, 3.63) is 82.1 Å². The van der Waals surface area contributed by atoms with Gasteiger partial charge in [0.1, 0.15) is 0 Å². The molecule has 2 aromatic carbocycles. The normalized spacial score (nSPS) is 12.3. The zero-order chi connectivity index (χ0) is 16.7. The molecule has 0 fully saturated rings. The Bertz CT molecular complexity index is 820. The van der Waals surface area contributed by atoms with E-state index in [1.807, 2.05) is 6.07 Å². The van der Waals surface area contributed by atoms with E-state index < -0.39 is 20.7 Å². The van der Waals surface area contributed by atoms with Crippen LogP contribution in [0, 0.1) is 0 Å². The number of sulfone groups is 1. The lowest BCUT2D eigenvalue weighted by Crippen LogP contribution is -2.13. The van der Waals surface area contributed by atoms with E-state index in [0.717, 1.165) is 18.1 Å². The van der Waals surface area contributed by atoms with Gasteiger partial charge in [-0.05, 0) is 23.3 Å². The molecule has 0 unspecified atom stereocenters. The Morgan fingerprint density at radius 1 is 0.913 bits per heavy atom. The fourth-order valence-corrected chi connectivity index (χ4v) is 2.96. The van der Waals surface area contributed by atoms with Gasteiger partial charge in [-0.2, -0.15) is 0 Å². The molecule has 0 amide bonds. The van der Waals surface area contributed by atoms with Gasteiger partial charge >= 0.3 is 5.97 Å². The first-order valence-corrected chi connectivity index (χ1v) is 8.41. The van der Waals surface area contributed by atoms with E-state index >= 15 is 0 Å². The predicted molar refractivity (Wildman–Crippen MR) is 90.8 cm³/mol. The second-order valence-corrected chi connectivity index (χ2v) is 6.47. The van der Waals surface area contributed by atoms with Crippen molar-refractivity contribution < 1.29 is 17.9 Å². The Labute approximate surface area is 135 Å². The van der Waals surface area contributed by atoms with Crippen LogP contribution in [0.4, 0.5) is 0 Å². The summed E-state index contributed by atoms with van der Waals surface area (Å²) in [5.74, 6) is -0.897. The van der Waals surface area contributed by atoms with E-state index in [1.54, 1.807) is 54.6 Å². The molecule has 0 aliphatic heterocycles. The fourth-order valence-electron chi connectivity index (χ4n) is 1.86. The van der Waals surface area contributed by atoms with Gasteiger partial charge in [-0.25, -0.2) is 13.2 Å². The molecule has 2 rings (SSSR count). The molecule has 0 spiro atoms. The third kappa shape index (κ3) is 4.66. The van der Waals surface area contributed by atoms with Crippen LogP contribution in [0.25, 0.3) is 12.2 Å². The van der Waals surface area contributed by atoms with Crippen molar-refractivity contribution in [1.82, 2.24) is 0 Å². The molecule has 0 saturated carbocycles. The standard InChI is InChI=1S/C18H16O4S/c1-22-18(19)17(14-16-10-6-3-7-11-16)23(20,21)13-12-15-8-4-2-5-9-15/h2-14H,1H3/b13-12-,17-14+. The molecule has 0 radical (unpaired) electrons. The summed E-state index contributed by atoms with van der Waals surface area (Å²) >= 11 is 0. The number of rotatable bonds is 5. The number of hydrogen-bond donors (Lipinski definition) is 0. The molecule has 0 N–H and O–H groups in total. The Kier molecular flexibility index (Phi) is 5.49. The van der Waals surface area contributed by atoms with Crippen LogP contribution < -0.4 is 0 Å². The Balaban J connectivity index is 2.40. The first-order valence-electron chi connectivity index (χ1n) is 6.86. The van der Waals surface area contributed by atoms with Crippen molar-refractivity contribution in [2.24, 2.45) is 0 Å². The van der Waals surface area contributed by atoms with E-state index in [-0.39, 0.29) is 0 Å². The van der Waals surface area contributed by atoms with E-state index in [1.165, 1.54) is 12.2 Å². The summed E-state index contributed by atoms with van der Waals surface area (Å²) in [6.07, 6.45) is 2.74. The number of methoxy groups -OCH3 is 1. The van der Waals surface area contributed by atoms with Gasteiger partial charge in [0.15, 0.2) is 4.91 Å². The summed E-state index contributed by atoms with van der Waals surface area (Å²) in [6, 6.07) is 17.7. The highest BCUT2D eigenvalue weighted by molar-refractivity contribution is 7.99. The highest BCUT2D eigenvalue weighted by Crippen LogP contribution is 2.17. The van der Waals surface area contributed by atoms with Crippen LogP contribution in [-0.2, 0) is 19.4 Å². The van der Waals surface area contributed by atoms with Crippen molar-refractivity contribution >= 4 is 28.0 Å². The number of hydrogen-bond acceptors (Lipinski definition) is 4. The smallest absolute Gasteiger partial charge is 0.349 e. The molecule has 0 aliphatic carbocycles. The maximum Gasteiger partial charge on any atom is 0.349 e. The molecular formula is C18H16O4S. The van der Waals surface area contributed by atoms with E-state index in [2.05, 4.69) is 4.74 Å². The highest BCUT2D eigenvalue weighted by atomic mass is 32.2. The minimum absolute atomic E-state index is 0.404. The summed E-state index contributed by atoms with van der Waals surface area (Å²) < 4.78 is 29.5. The van der Waals surface area contributed by atoms with Gasteiger partial charge in [-0.1, -0.05) is 60.7 Å². The molecular weight excluding hydrogens is 312 g/mol. The van der Waals surface area contributed by atoms with E-state index in [4.69, 9.17) is 0 Å². The Hall–Kier alpha value is -2.66. The fraction of sp³-hybridized carbons (Fsp3) is 0.0556. The van der Waals surface area contributed by atoms with Gasteiger partial charge in [0.05, 0.1) is 7.11 Å². The van der Waals surface area contributed by atoms with Crippen molar-refractivity contribution in [3.63, 3.8) is 0 Å². The first-order chi connectivity index (χ1) is 11.0. The van der Waals surface area contributed by atoms with Gasteiger partial charge in [-0.3, -0.25) is 0 Å². The maximum absolute atomic E-state index is 12.5. The molecule has 0 aromatic heterocycles. The third-order valence-corrected chi connectivity index (χ3v) is 4.42. The van der Waals surface area contributed by atoms with Gasteiger partial charge in [0, 0.05) is 5.41 Å². The predicted octanol–water partition coefficient (Wildman–Crippen LogP) is 3.29. The average Bonchev–Trinajstić information content (AvgIpc) is 2.59. The summed E-state index contributed by atoms with van der Waals surface area (Å²) in [5, 5.41) is 1.01. The molecule has 23 heavy (non-hydrogen) atoms. The van der Waals surface area contributed by atoms with Gasteiger partial charge in [0.2, 0.25) is 9.84 Å². The topological polar surface area (TPSA) is 60.4 Å². The summed E-state index contributed by atoms with van der Waals surface area (Å²) in [5.41, 5.74) is 1.32. The molecule has 0 aliphatic rings. The molecule has 0 heterocycles. The quantitative estimate of drug-likeness (QED) is 0.624. The van der Waals surface area contributed by atoms with E-state index in [0.29, 0.717) is 5.56 Å². The SMILES string of the molecule is COC(=O)/C(=C\c1ccccc1)S(=O)(=O)/C=C\c1ccccc1. The first kappa shape index (κ1) is 16.7. The van der Waals surface area contributed by atoms with Crippen molar-refractivity contribution in [2.75, 3.05) is 7.11 Å². The molecule has 2 aromatic rings. The van der Waals surface area contributed by atoms with E-state index in [9.17, 15) is 13.2 Å². The van der Waals surface area contributed by atoms with Crippen molar-refractivity contribution in [3.8, 4) is 0 Å².